The van der Waals surface area contributed by atoms with Crippen LogP contribution in [0.1, 0.15) is 25.3 Å². The Morgan fingerprint density at radius 2 is 2.58 bits per heavy atom. The molecule has 66 valence electrons. The zero-order valence-electron chi connectivity index (χ0n) is 7.49. The minimum Gasteiger partial charge on any atom is -0.472 e. The lowest BCUT2D eigenvalue weighted by molar-refractivity contribution is 0.259. The van der Waals surface area contributed by atoms with Crippen molar-refractivity contribution >= 4 is 0 Å². The predicted molar refractivity (Wildman–Crippen MR) is 47.8 cm³/mol. The van der Waals surface area contributed by atoms with E-state index in [0.717, 1.165) is 12.6 Å². The Kier molecular flexibility index (Phi) is 2.17. The summed E-state index contributed by atoms with van der Waals surface area (Å²) in [7, 11) is 0. The van der Waals surface area contributed by atoms with Gasteiger partial charge in [0.2, 0.25) is 0 Å². The van der Waals surface area contributed by atoms with Crippen LogP contribution in [0.4, 0.5) is 0 Å². The lowest BCUT2D eigenvalue weighted by Crippen LogP contribution is -2.25. The summed E-state index contributed by atoms with van der Waals surface area (Å²) in [6.45, 7) is 4.59. The summed E-state index contributed by atoms with van der Waals surface area (Å²) in [6, 6.07) is 2.80. The summed E-state index contributed by atoms with van der Waals surface area (Å²) in [5.74, 6) is 0. The molecule has 0 spiro atoms. The first-order chi connectivity index (χ1) is 5.86. The molecule has 0 amide bonds. The predicted octanol–water partition coefficient (Wildman–Crippen LogP) is 2.26. The average molecular weight is 165 g/mol. The van der Waals surface area contributed by atoms with Crippen molar-refractivity contribution in [1.29, 1.82) is 0 Å². The molecule has 1 atom stereocenters. The maximum Gasteiger partial charge on any atom is 0.0947 e. The molecule has 2 heterocycles. The van der Waals surface area contributed by atoms with Crippen molar-refractivity contribution in [3.05, 3.63) is 24.2 Å². The van der Waals surface area contributed by atoms with Crippen molar-refractivity contribution in [2.75, 3.05) is 6.54 Å². The first kappa shape index (κ1) is 7.87. The molecule has 1 aliphatic rings. The molecule has 1 aromatic rings. The van der Waals surface area contributed by atoms with E-state index in [2.05, 4.69) is 11.8 Å². The van der Waals surface area contributed by atoms with Crippen molar-refractivity contribution in [1.82, 2.24) is 4.90 Å². The van der Waals surface area contributed by atoms with Gasteiger partial charge < -0.3 is 4.42 Å². The summed E-state index contributed by atoms with van der Waals surface area (Å²) < 4.78 is 5.03. The zero-order chi connectivity index (χ0) is 8.39. The Hall–Kier alpha value is -0.760. The molecule has 0 aliphatic carbocycles. The highest BCUT2D eigenvalue weighted by atomic mass is 16.3. The zero-order valence-corrected chi connectivity index (χ0v) is 7.49. The van der Waals surface area contributed by atoms with E-state index in [0.29, 0.717) is 0 Å². The lowest BCUT2D eigenvalue weighted by Gasteiger charge is -2.19. The summed E-state index contributed by atoms with van der Waals surface area (Å²) in [5, 5.41) is 0. The van der Waals surface area contributed by atoms with E-state index in [1.54, 1.807) is 6.26 Å². The fourth-order valence-electron chi connectivity index (χ4n) is 1.84. The Bertz CT molecular complexity index is 230. The monoisotopic (exact) mass is 165 g/mol. The van der Waals surface area contributed by atoms with Crippen LogP contribution in [0.25, 0.3) is 0 Å². The van der Waals surface area contributed by atoms with E-state index in [4.69, 9.17) is 4.42 Å². The molecule has 0 saturated carbocycles. The molecule has 1 aliphatic heterocycles. The van der Waals surface area contributed by atoms with Crippen LogP contribution in [-0.2, 0) is 6.54 Å². The van der Waals surface area contributed by atoms with Crippen LogP contribution in [0.2, 0.25) is 0 Å². The third-order valence-electron chi connectivity index (χ3n) is 2.66. The van der Waals surface area contributed by atoms with Crippen LogP contribution in [0.5, 0.6) is 0 Å². The lowest BCUT2D eigenvalue weighted by atomic mass is 10.2. The number of nitrogens with zero attached hydrogens (tertiary/aromatic N) is 1. The Labute approximate surface area is 73.2 Å². The first-order valence-corrected chi connectivity index (χ1v) is 4.61. The van der Waals surface area contributed by atoms with Gasteiger partial charge in [0.1, 0.15) is 0 Å². The molecule has 0 radical (unpaired) electrons. The molecule has 0 aromatic carbocycles. The summed E-state index contributed by atoms with van der Waals surface area (Å²) >= 11 is 0. The van der Waals surface area contributed by atoms with E-state index in [-0.39, 0.29) is 0 Å². The Morgan fingerprint density at radius 3 is 3.17 bits per heavy atom. The van der Waals surface area contributed by atoms with E-state index < -0.39 is 0 Å². The van der Waals surface area contributed by atoms with Crippen LogP contribution in [-0.4, -0.2) is 17.5 Å². The van der Waals surface area contributed by atoms with Crippen molar-refractivity contribution in [2.24, 2.45) is 0 Å². The molecule has 1 aromatic heterocycles. The Balaban J connectivity index is 1.95. The highest BCUT2D eigenvalue weighted by Gasteiger charge is 2.19. The number of furan rings is 1. The summed E-state index contributed by atoms with van der Waals surface area (Å²) in [4.78, 5) is 2.50. The molecular weight excluding hydrogens is 150 g/mol. The average Bonchev–Trinajstić information content (AvgIpc) is 2.65. The van der Waals surface area contributed by atoms with Crippen molar-refractivity contribution in [2.45, 2.75) is 32.4 Å². The van der Waals surface area contributed by atoms with Crippen molar-refractivity contribution in [3.63, 3.8) is 0 Å². The minimum atomic E-state index is 0.750. The molecule has 1 fully saturated rings. The second-order valence-electron chi connectivity index (χ2n) is 3.59. The van der Waals surface area contributed by atoms with E-state index in [1.165, 1.54) is 24.9 Å². The van der Waals surface area contributed by atoms with Gasteiger partial charge in [0, 0.05) is 18.2 Å². The van der Waals surface area contributed by atoms with Crippen molar-refractivity contribution in [3.8, 4) is 0 Å². The molecule has 0 bridgehead atoms. The van der Waals surface area contributed by atoms with Gasteiger partial charge in [-0.1, -0.05) is 0 Å². The molecule has 12 heavy (non-hydrogen) atoms. The second-order valence-corrected chi connectivity index (χ2v) is 3.59. The normalized spacial score (nSPS) is 24.9. The van der Waals surface area contributed by atoms with E-state index >= 15 is 0 Å². The maximum atomic E-state index is 5.03. The smallest absolute Gasteiger partial charge is 0.0947 e. The Morgan fingerprint density at radius 1 is 1.67 bits per heavy atom. The van der Waals surface area contributed by atoms with Gasteiger partial charge in [0.05, 0.1) is 12.5 Å². The van der Waals surface area contributed by atoms with E-state index in [1.807, 2.05) is 12.3 Å². The van der Waals surface area contributed by atoms with Crippen LogP contribution in [0.3, 0.4) is 0 Å². The number of rotatable bonds is 2. The van der Waals surface area contributed by atoms with Crippen LogP contribution in [0.15, 0.2) is 23.0 Å². The molecule has 1 saturated heterocycles. The van der Waals surface area contributed by atoms with Crippen LogP contribution < -0.4 is 0 Å². The van der Waals surface area contributed by atoms with Gasteiger partial charge in [-0.05, 0) is 32.4 Å². The van der Waals surface area contributed by atoms with Crippen LogP contribution >= 0.6 is 0 Å². The molecule has 2 heteroatoms. The number of hydrogen-bond acceptors (Lipinski definition) is 2. The minimum absolute atomic E-state index is 0.750. The molecule has 0 N–H and O–H groups in total. The highest BCUT2D eigenvalue weighted by Crippen LogP contribution is 2.19. The third kappa shape index (κ3) is 1.53. The second kappa shape index (κ2) is 3.31. The maximum absolute atomic E-state index is 5.03. The van der Waals surface area contributed by atoms with Gasteiger partial charge in [0.25, 0.3) is 0 Å². The van der Waals surface area contributed by atoms with Gasteiger partial charge in [0.15, 0.2) is 0 Å². The fraction of sp³-hybridized carbons (Fsp3) is 0.600. The topological polar surface area (TPSA) is 16.4 Å². The summed E-state index contributed by atoms with van der Waals surface area (Å²) in [6.07, 6.45) is 6.28. The van der Waals surface area contributed by atoms with Gasteiger partial charge in [-0.25, -0.2) is 0 Å². The largest absolute Gasteiger partial charge is 0.472 e. The SMILES string of the molecule is CC1CCCN1Cc1ccoc1. The molecule has 2 nitrogen and oxygen atoms in total. The van der Waals surface area contributed by atoms with Gasteiger partial charge >= 0.3 is 0 Å². The molecule has 2 rings (SSSR count). The molecular formula is C10H15NO. The third-order valence-corrected chi connectivity index (χ3v) is 2.66. The van der Waals surface area contributed by atoms with Crippen molar-refractivity contribution < 1.29 is 4.42 Å². The molecule has 1 unspecified atom stereocenters. The number of likely N-dealkylation sites (tertiary alicyclic amines) is 1. The van der Waals surface area contributed by atoms with Crippen LogP contribution in [0, 0.1) is 0 Å². The highest BCUT2D eigenvalue weighted by molar-refractivity contribution is 5.05. The number of hydrogen-bond donors (Lipinski definition) is 0. The van der Waals surface area contributed by atoms with Gasteiger partial charge in [-0.15, -0.1) is 0 Å². The van der Waals surface area contributed by atoms with Gasteiger partial charge in [-0.2, -0.15) is 0 Å². The first-order valence-electron chi connectivity index (χ1n) is 4.61. The quantitative estimate of drug-likeness (QED) is 0.668. The summed E-state index contributed by atoms with van der Waals surface area (Å²) in [5.41, 5.74) is 1.30. The fourth-order valence-corrected chi connectivity index (χ4v) is 1.84. The van der Waals surface area contributed by atoms with E-state index in [9.17, 15) is 0 Å². The van der Waals surface area contributed by atoms with Gasteiger partial charge in [-0.3, -0.25) is 4.90 Å². The standard InChI is InChI=1S/C10H15NO/c1-9-3-2-5-11(9)7-10-4-6-12-8-10/h4,6,8-9H,2-3,5,7H2,1H3.